The van der Waals surface area contributed by atoms with Crippen molar-refractivity contribution in [2.75, 3.05) is 14.2 Å². The van der Waals surface area contributed by atoms with Crippen molar-refractivity contribution in [2.45, 2.75) is 4.90 Å². The zero-order valence-electron chi connectivity index (χ0n) is 10.2. The first-order valence-electron chi connectivity index (χ1n) is 4.59. The van der Waals surface area contributed by atoms with Crippen molar-refractivity contribution in [3.8, 4) is 0 Å². The first kappa shape index (κ1) is 18.6. The predicted molar refractivity (Wildman–Crippen MR) is 64.7 cm³/mol. The maximum atomic E-state index is 11.3. The fourth-order valence-electron chi connectivity index (χ4n) is 1.22. The van der Waals surface area contributed by atoms with Crippen LogP contribution in [0.15, 0.2) is 23.1 Å². The summed E-state index contributed by atoms with van der Waals surface area (Å²) in [5.74, 6) is -1.68. The van der Waals surface area contributed by atoms with Gasteiger partial charge in [-0.3, -0.25) is 4.55 Å². The Morgan fingerprint density at radius 2 is 1.37 bits per heavy atom. The van der Waals surface area contributed by atoms with E-state index >= 15 is 0 Å². The van der Waals surface area contributed by atoms with Crippen LogP contribution in [0.4, 0.5) is 0 Å². The Balaban J connectivity index is 0.00000324. The van der Waals surface area contributed by atoms with Crippen LogP contribution in [0.3, 0.4) is 0 Å². The minimum absolute atomic E-state index is 0. The number of carbonyl (C=O) groups excluding carboxylic acids is 2. The van der Waals surface area contributed by atoms with Crippen LogP contribution in [-0.4, -0.2) is 88.0 Å². The fourth-order valence-corrected chi connectivity index (χ4v) is 1.77. The van der Waals surface area contributed by atoms with E-state index in [-0.39, 0.29) is 60.0 Å². The van der Waals surface area contributed by atoms with E-state index in [1.165, 1.54) is 0 Å². The summed E-state index contributed by atoms with van der Waals surface area (Å²) >= 11 is 0. The van der Waals surface area contributed by atoms with Gasteiger partial charge in [0.05, 0.1) is 30.2 Å². The third-order valence-electron chi connectivity index (χ3n) is 2.05. The van der Waals surface area contributed by atoms with Crippen LogP contribution in [0.1, 0.15) is 20.7 Å². The minimum atomic E-state index is -4.55. The predicted octanol–water partition coefficient (Wildman–Crippen LogP) is 0.126. The van der Waals surface area contributed by atoms with Crippen LogP contribution >= 0.6 is 0 Å². The zero-order valence-corrected chi connectivity index (χ0v) is 15.5. The topological polar surface area (TPSA) is 107 Å². The van der Waals surface area contributed by atoms with Gasteiger partial charge in [0.15, 0.2) is 0 Å². The van der Waals surface area contributed by atoms with Gasteiger partial charge < -0.3 is 9.47 Å². The molecular weight excluding hydrogens is 401 g/mol. The van der Waals surface area contributed by atoms with E-state index in [4.69, 9.17) is 4.55 Å². The molecule has 0 atom stereocenters. The molecule has 1 rings (SSSR count). The minimum Gasteiger partial charge on any atom is -0.465 e. The van der Waals surface area contributed by atoms with Crippen molar-refractivity contribution in [1.82, 2.24) is 0 Å². The number of rotatable bonds is 3. The summed E-state index contributed by atoms with van der Waals surface area (Å²) in [5.41, 5.74) is -0.374. The zero-order chi connectivity index (χ0) is 13.9. The summed E-state index contributed by atoms with van der Waals surface area (Å²) in [6, 6.07) is 2.90. The standard InChI is InChI=1S/C10H10O7S.Ba/c1-16-9(11)6-3-7(10(12)17-2)5-8(4-6)18(13,14)15;/h3-5H,1-2H3,(H,13,14,15);. The summed E-state index contributed by atoms with van der Waals surface area (Å²) in [5, 5.41) is 0. The number of hydrogen-bond donors (Lipinski definition) is 1. The Morgan fingerprint density at radius 1 is 1.00 bits per heavy atom. The van der Waals surface area contributed by atoms with E-state index in [1.807, 2.05) is 0 Å². The van der Waals surface area contributed by atoms with E-state index in [0.29, 0.717) is 0 Å². The number of methoxy groups -OCH3 is 2. The molecule has 0 saturated heterocycles. The Morgan fingerprint density at radius 3 is 1.63 bits per heavy atom. The van der Waals surface area contributed by atoms with Gasteiger partial charge in [-0.2, -0.15) is 8.42 Å². The summed E-state index contributed by atoms with van der Waals surface area (Å²) in [6.45, 7) is 0. The second-order valence-electron chi connectivity index (χ2n) is 3.20. The van der Waals surface area contributed by atoms with Crippen LogP contribution in [0.2, 0.25) is 0 Å². The van der Waals surface area contributed by atoms with E-state index < -0.39 is 27.0 Å². The van der Waals surface area contributed by atoms with Gasteiger partial charge in [-0.1, -0.05) is 0 Å². The fraction of sp³-hybridized carbons (Fsp3) is 0.200. The number of hydrogen-bond acceptors (Lipinski definition) is 6. The van der Waals surface area contributed by atoms with E-state index in [2.05, 4.69) is 9.47 Å². The summed E-state index contributed by atoms with van der Waals surface area (Å²) in [4.78, 5) is 22.0. The molecule has 0 spiro atoms. The van der Waals surface area contributed by atoms with Crippen LogP contribution < -0.4 is 0 Å². The quantitative estimate of drug-likeness (QED) is 0.428. The normalized spacial score (nSPS) is 10.3. The maximum Gasteiger partial charge on any atom is 0.337 e. The molecule has 19 heavy (non-hydrogen) atoms. The van der Waals surface area contributed by atoms with Gasteiger partial charge in [0.25, 0.3) is 10.1 Å². The molecule has 100 valence electrons. The average molecular weight is 412 g/mol. The molecule has 9 heteroatoms. The van der Waals surface area contributed by atoms with Crippen LogP contribution in [0.5, 0.6) is 0 Å². The monoisotopic (exact) mass is 412 g/mol. The van der Waals surface area contributed by atoms with Crippen LogP contribution in [0.25, 0.3) is 0 Å². The second-order valence-corrected chi connectivity index (χ2v) is 4.63. The van der Waals surface area contributed by atoms with Crippen molar-refractivity contribution in [2.24, 2.45) is 0 Å². The molecule has 2 radical (unpaired) electrons. The average Bonchev–Trinajstić information content (AvgIpc) is 2.35. The Bertz CT molecular complexity index is 560. The van der Waals surface area contributed by atoms with Gasteiger partial charge in [0, 0.05) is 48.9 Å². The van der Waals surface area contributed by atoms with Gasteiger partial charge in [-0.25, -0.2) is 9.59 Å². The first-order valence-corrected chi connectivity index (χ1v) is 6.03. The molecule has 1 aromatic rings. The third-order valence-corrected chi connectivity index (χ3v) is 2.88. The molecule has 0 amide bonds. The largest absolute Gasteiger partial charge is 0.465 e. The van der Waals surface area contributed by atoms with Gasteiger partial charge in [-0.15, -0.1) is 0 Å². The molecule has 0 fully saturated rings. The smallest absolute Gasteiger partial charge is 0.337 e. The van der Waals surface area contributed by atoms with Gasteiger partial charge >= 0.3 is 11.9 Å². The number of carbonyl (C=O) groups is 2. The Hall–Kier alpha value is -0.359. The van der Waals surface area contributed by atoms with Crippen molar-refractivity contribution in [1.29, 1.82) is 0 Å². The Labute approximate surface area is 150 Å². The molecule has 0 aliphatic heterocycles. The molecule has 1 aromatic carbocycles. The molecule has 0 heterocycles. The molecule has 0 aliphatic rings. The second kappa shape index (κ2) is 7.43. The van der Waals surface area contributed by atoms with Crippen molar-refractivity contribution in [3.05, 3.63) is 29.3 Å². The summed E-state index contributed by atoms with van der Waals surface area (Å²) in [6.07, 6.45) is 0. The van der Waals surface area contributed by atoms with Crippen LogP contribution in [0, 0.1) is 0 Å². The Kier molecular flexibility index (Phi) is 7.29. The van der Waals surface area contributed by atoms with Crippen LogP contribution in [-0.2, 0) is 19.6 Å². The first-order chi connectivity index (χ1) is 8.29. The van der Waals surface area contributed by atoms with Gasteiger partial charge in [-0.05, 0) is 18.2 Å². The van der Waals surface area contributed by atoms with E-state index in [1.54, 1.807) is 0 Å². The van der Waals surface area contributed by atoms with Gasteiger partial charge in [0.2, 0.25) is 0 Å². The summed E-state index contributed by atoms with van der Waals surface area (Å²) < 4.78 is 39.7. The molecule has 0 saturated carbocycles. The summed E-state index contributed by atoms with van der Waals surface area (Å²) in [7, 11) is -2.35. The van der Waals surface area contributed by atoms with Crippen molar-refractivity contribution >= 4 is 70.9 Å². The molecule has 0 aliphatic carbocycles. The van der Waals surface area contributed by atoms with E-state index in [0.717, 1.165) is 32.4 Å². The number of benzene rings is 1. The molecule has 1 N–H and O–H groups in total. The molecule has 7 nitrogen and oxygen atoms in total. The van der Waals surface area contributed by atoms with Gasteiger partial charge in [0.1, 0.15) is 0 Å². The van der Waals surface area contributed by atoms with Crippen molar-refractivity contribution in [3.63, 3.8) is 0 Å². The van der Waals surface area contributed by atoms with Crippen molar-refractivity contribution < 1.29 is 32.0 Å². The third kappa shape index (κ3) is 4.91. The maximum absolute atomic E-state index is 11.3. The SMILES string of the molecule is COC(=O)c1cc(C(=O)OC)cc(S(=O)(=O)O)c1.[Ba]. The molecular formula is C10H10BaO7S. The van der Waals surface area contributed by atoms with E-state index in [9.17, 15) is 18.0 Å². The molecule has 0 aromatic heterocycles. The molecule has 0 bridgehead atoms. The number of esters is 2. The number of ether oxygens (including phenoxy) is 2. The molecule has 0 unspecified atom stereocenters.